The van der Waals surface area contributed by atoms with E-state index in [1.165, 1.54) is 23.5 Å². The van der Waals surface area contributed by atoms with Gasteiger partial charge in [-0.3, -0.25) is 4.99 Å². The summed E-state index contributed by atoms with van der Waals surface area (Å²) in [6, 6.07) is 4.03. The highest BCUT2D eigenvalue weighted by molar-refractivity contribution is 7.11. The smallest absolute Gasteiger partial charge is 0.163 e. The number of halogens is 2. The van der Waals surface area contributed by atoms with Crippen molar-refractivity contribution in [3.63, 3.8) is 0 Å². The van der Waals surface area contributed by atoms with E-state index in [-0.39, 0.29) is 11.9 Å². The molecule has 7 heteroatoms. The molecule has 1 aromatic carbocycles. The number of nitrogens with zero attached hydrogens (tertiary/aromatic N) is 2. The van der Waals surface area contributed by atoms with Gasteiger partial charge in [0, 0.05) is 35.0 Å². The van der Waals surface area contributed by atoms with Gasteiger partial charge in [0.25, 0.3) is 0 Å². The number of methoxy groups -OCH3 is 1. The van der Waals surface area contributed by atoms with Gasteiger partial charge in [0.2, 0.25) is 0 Å². The highest BCUT2D eigenvalue weighted by atomic mass is 35.5. The Balaban J connectivity index is 2.08. The van der Waals surface area contributed by atoms with Crippen molar-refractivity contribution in [2.24, 2.45) is 4.99 Å². The maximum absolute atomic E-state index is 13.4. The number of hydrogen-bond acceptors (Lipinski definition) is 5. The molecule has 1 N–H and O–H groups in total. The van der Waals surface area contributed by atoms with Crippen LogP contribution >= 0.6 is 22.9 Å². The van der Waals surface area contributed by atoms with Gasteiger partial charge in [-0.1, -0.05) is 17.7 Å². The maximum Gasteiger partial charge on any atom is 0.163 e. The summed E-state index contributed by atoms with van der Waals surface area (Å²) >= 11 is 7.74. The van der Waals surface area contributed by atoms with Gasteiger partial charge in [-0.2, -0.15) is 0 Å². The fourth-order valence-corrected chi connectivity index (χ4v) is 3.33. The van der Waals surface area contributed by atoms with Crippen LogP contribution in [0, 0.1) is 5.82 Å². The molecule has 0 amide bonds. The number of allylic oxidation sites excluding steroid dienone is 1. The van der Waals surface area contributed by atoms with Crippen molar-refractivity contribution < 1.29 is 9.13 Å². The maximum atomic E-state index is 13.4. The van der Waals surface area contributed by atoms with Gasteiger partial charge in [0.1, 0.15) is 11.9 Å². The minimum Gasteiger partial charge on any atom is -0.380 e. The molecule has 120 valence electrons. The van der Waals surface area contributed by atoms with Crippen molar-refractivity contribution in [3.8, 4) is 0 Å². The van der Waals surface area contributed by atoms with E-state index in [2.05, 4.69) is 10.3 Å². The molecule has 0 bridgehead atoms. The fraction of sp³-hybridized carbons (Fsp3) is 0.250. The summed E-state index contributed by atoms with van der Waals surface area (Å²) in [5.41, 5.74) is 2.65. The number of benzene rings is 1. The zero-order valence-corrected chi connectivity index (χ0v) is 14.2. The van der Waals surface area contributed by atoms with Crippen LogP contribution < -0.4 is 5.32 Å². The molecule has 0 aliphatic carbocycles. The number of ether oxygens (including phenoxy) is 1. The van der Waals surface area contributed by atoms with Crippen molar-refractivity contribution in [1.29, 1.82) is 0 Å². The second-order valence-electron chi connectivity index (χ2n) is 5.09. The predicted octanol–water partition coefficient (Wildman–Crippen LogP) is 3.95. The first kappa shape index (κ1) is 16.1. The topological polar surface area (TPSA) is 46.5 Å². The minimum absolute atomic E-state index is 0.330. The molecule has 3 rings (SSSR count). The van der Waals surface area contributed by atoms with Crippen LogP contribution in [0.1, 0.15) is 23.5 Å². The second-order valence-corrected chi connectivity index (χ2v) is 6.39. The Bertz CT molecular complexity index is 774. The highest BCUT2D eigenvalue weighted by Gasteiger charge is 2.27. The van der Waals surface area contributed by atoms with Gasteiger partial charge in [-0.05, 0) is 24.6 Å². The lowest BCUT2D eigenvalue weighted by Crippen LogP contribution is -2.31. The number of nitrogens with one attached hydrogen (secondary N) is 1. The summed E-state index contributed by atoms with van der Waals surface area (Å²) in [6.45, 7) is 2.37. The van der Waals surface area contributed by atoms with E-state index >= 15 is 0 Å². The third-order valence-corrected chi connectivity index (χ3v) is 4.67. The Kier molecular flexibility index (Phi) is 4.75. The first-order chi connectivity index (χ1) is 11.1. The van der Waals surface area contributed by atoms with E-state index < -0.39 is 0 Å². The van der Waals surface area contributed by atoms with E-state index in [1.807, 2.05) is 12.3 Å². The standard InChI is InChI=1S/C16H15ClFN3OS/c1-9-12(8-22-2)14(11-4-3-10(18)7-13(11)17)21-15(20-9)16-19-5-6-23-16/h3-7,14H,8H2,1-2H3,(H,20,21). The van der Waals surface area contributed by atoms with Crippen molar-refractivity contribution >= 4 is 28.8 Å². The lowest BCUT2D eigenvalue weighted by molar-refractivity contribution is 0.219. The Labute approximate surface area is 142 Å². The van der Waals surface area contributed by atoms with Gasteiger partial charge in [0.15, 0.2) is 10.8 Å². The van der Waals surface area contributed by atoms with Crippen molar-refractivity contribution in [3.05, 3.63) is 62.5 Å². The summed E-state index contributed by atoms with van der Waals surface area (Å²) < 4.78 is 18.7. The van der Waals surface area contributed by atoms with Crippen LogP contribution in [0.2, 0.25) is 5.02 Å². The normalized spacial score (nSPS) is 17.9. The molecule has 1 atom stereocenters. The van der Waals surface area contributed by atoms with Crippen LogP contribution in [0.3, 0.4) is 0 Å². The van der Waals surface area contributed by atoms with Crippen molar-refractivity contribution in [2.75, 3.05) is 13.7 Å². The van der Waals surface area contributed by atoms with E-state index in [4.69, 9.17) is 21.3 Å². The second kappa shape index (κ2) is 6.78. The quantitative estimate of drug-likeness (QED) is 0.907. The third kappa shape index (κ3) is 3.29. The van der Waals surface area contributed by atoms with Crippen molar-refractivity contribution in [2.45, 2.75) is 13.0 Å². The summed E-state index contributed by atoms with van der Waals surface area (Å²) in [5, 5.41) is 6.30. The SMILES string of the molecule is COCC1=C(C)NC(c2nccs2)=NC1c1ccc(F)cc1Cl. The van der Waals surface area contributed by atoms with E-state index in [0.29, 0.717) is 17.5 Å². The largest absolute Gasteiger partial charge is 0.380 e. The lowest BCUT2D eigenvalue weighted by Gasteiger charge is -2.27. The predicted molar refractivity (Wildman–Crippen MR) is 90.5 cm³/mol. The number of thiazole rings is 1. The van der Waals surface area contributed by atoms with Crippen LogP contribution in [0.5, 0.6) is 0 Å². The molecular weight excluding hydrogens is 337 g/mol. The Morgan fingerprint density at radius 2 is 2.26 bits per heavy atom. The lowest BCUT2D eigenvalue weighted by atomic mass is 9.96. The average Bonchev–Trinajstić information content (AvgIpc) is 3.04. The number of aliphatic imine (C=N–C) groups is 1. The van der Waals surface area contributed by atoms with Gasteiger partial charge >= 0.3 is 0 Å². The first-order valence-corrected chi connectivity index (χ1v) is 8.24. The molecule has 0 spiro atoms. The van der Waals surface area contributed by atoms with Gasteiger partial charge in [-0.25, -0.2) is 9.37 Å². The van der Waals surface area contributed by atoms with Gasteiger partial charge < -0.3 is 10.1 Å². The van der Waals surface area contributed by atoms with E-state index in [0.717, 1.165) is 21.8 Å². The molecule has 23 heavy (non-hydrogen) atoms. The molecule has 1 aliphatic heterocycles. The minimum atomic E-state index is -0.370. The average molecular weight is 352 g/mol. The number of amidine groups is 1. The Morgan fingerprint density at radius 3 is 2.91 bits per heavy atom. The first-order valence-electron chi connectivity index (χ1n) is 6.98. The zero-order chi connectivity index (χ0) is 16.4. The Hall–Kier alpha value is -1.76. The number of hydrogen-bond donors (Lipinski definition) is 1. The summed E-state index contributed by atoms with van der Waals surface area (Å²) in [4.78, 5) is 9.03. The monoisotopic (exact) mass is 351 g/mol. The summed E-state index contributed by atoms with van der Waals surface area (Å²) in [6.07, 6.45) is 1.73. The van der Waals surface area contributed by atoms with E-state index in [1.54, 1.807) is 19.4 Å². The highest BCUT2D eigenvalue weighted by Crippen LogP contribution is 2.35. The number of rotatable bonds is 4. The van der Waals surface area contributed by atoms with Crippen LogP contribution in [0.25, 0.3) is 0 Å². The molecule has 0 radical (unpaired) electrons. The number of aromatic nitrogens is 1. The zero-order valence-electron chi connectivity index (χ0n) is 12.6. The molecule has 0 saturated heterocycles. The molecule has 1 unspecified atom stereocenters. The van der Waals surface area contributed by atoms with Crippen LogP contribution in [-0.4, -0.2) is 24.5 Å². The van der Waals surface area contributed by atoms with Crippen LogP contribution in [0.15, 0.2) is 46.0 Å². The van der Waals surface area contributed by atoms with Crippen LogP contribution in [-0.2, 0) is 4.74 Å². The molecule has 1 aliphatic rings. The van der Waals surface area contributed by atoms with Crippen molar-refractivity contribution in [1.82, 2.24) is 10.3 Å². The third-order valence-electron chi connectivity index (χ3n) is 3.57. The van der Waals surface area contributed by atoms with Gasteiger partial charge in [0.05, 0.1) is 6.61 Å². The fourth-order valence-electron chi connectivity index (χ4n) is 2.47. The molecular formula is C16H15ClFN3OS. The molecule has 4 nitrogen and oxygen atoms in total. The molecule has 1 aromatic heterocycles. The van der Waals surface area contributed by atoms with Crippen LogP contribution in [0.4, 0.5) is 4.39 Å². The summed E-state index contributed by atoms with van der Waals surface area (Å²) in [5.74, 6) is 0.313. The molecule has 2 aromatic rings. The molecule has 0 saturated carbocycles. The molecule has 2 heterocycles. The molecule has 0 fully saturated rings. The van der Waals surface area contributed by atoms with Gasteiger partial charge in [-0.15, -0.1) is 11.3 Å². The summed E-state index contributed by atoms with van der Waals surface area (Å²) in [7, 11) is 1.63. The van der Waals surface area contributed by atoms with E-state index in [9.17, 15) is 4.39 Å². The Morgan fingerprint density at radius 1 is 1.43 bits per heavy atom.